The van der Waals surface area contributed by atoms with E-state index in [2.05, 4.69) is 10.2 Å². The Morgan fingerprint density at radius 1 is 1.37 bits per heavy atom. The van der Waals surface area contributed by atoms with Gasteiger partial charge in [0.25, 0.3) is 0 Å². The minimum absolute atomic E-state index is 0.275. The van der Waals surface area contributed by atoms with Gasteiger partial charge in [0.05, 0.1) is 5.54 Å². The van der Waals surface area contributed by atoms with Gasteiger partial charge in [-0.2, -0.15) is 0 Å². The third kappa shape index (κ3) is 5.58. The molecule has 6 heteroatoms. The number of rotatable bonds is 8. The smallest absolute Gasteiger partial charge is 0.237 e. The van der Waals surface area contributed by atoms with E-state index in [9.17, 15) is 9.00 Å². The van der Waals surface area contributed by atoms with Crippen molar-refractivity contribution in [3.8, 4) is 0 Å². The first-order valence-corrected chi connectivity index (χ1v) is 8.59. The molecule has 0 aromatic heterocycles. The normalized spacial score (nSPS) is 21.2. The van der Waals surface area contributed by atoms with Crippen LogP contribution in [0.2, 0.25) is 0 Å². The topological polar surface area (TPSA) is 75.4 Å². The van der Waals surface area contributed by atoms with E-state index < -0.39 is 16.3 Å². The maximum Gasteiger partial charge on any atom is 0.237 e. The lowest BCUT2D eigenvalue weighted by Crippen LogP contribution is -2.53. The maximum absolute atomic E-state index is 11.5. The maximum atomic E-state index is 11.5. The number of likely N-dealkylation sites (N-methyl/N-ethyl adjacent to an activating group) is 1. The van der Waals surface area contributed by atoms with Gasteiger partial charge in [-0.15, -0.1) is 0 Å². The van der Waals surface area contributed by atoms with Gasteiger partial charge >= 0.3 is 0 Å². The van der Waals surface area contributed by atoms with E-state index in [4.69, 9.17) is 5.73 Å². The van der Waals surface area contributed by atoms with E-state index in [1.807, 2.05) is 13.8 Å². The zero-order chi connectivity index (χ0) is 14.3. The molecule has 19 heavy (non-hydrogen) atoms. The molecule has 1 unspecified atom stereocenters. The molecule has 112 valence electrons. The number of carbonyl (C=O) groups is 1. The number of unbranched alkanes of at least 4 members (excludes halogenated alkanes) is 1. The van der Waals surface area contributed by atoms with Crippen LogP contribution in [0.15, 0.2) is 0 Å². The van der Waals surface area contributed by atoms with Gasteiger partial charge in [-0.3, -0.25) is 9.00 Å². The Morgan fingerprint density at radius 3 is 2.53 bits per heavy atom. The molecule has 1 saturated heterocycles. The fourth-order valence-corrected chi connectivity index (χ4v) is 3.53. The second kappa shape index (κ2) is 7.97. The average molecular weight is 289 g/mol. The van der Waals surface area contributed by atoms with Crippen molar-refractivity contribution in [1.82, 2.24) is 10.2 Å². The second-order valence-electron chi connectivity index (χ2n) is 5.37. The molecule has 1 amide bonds. The summed E-state index contributed by atoms with van der Waals surface area (Å²) in [6.45, 7) is 7.51. The molecule has 0 aliphatic carbocycles. The molecule has 1 atom stereocenters. The van der Waals surface area contributed by atoms with Crippen molar-refractivity contribution in [1.29, 1.82) is 0 Å². The highest BCUT2D eigenvalue weighted by molar-refractivity contribution is 7.85. The first-order valence-electron chi connectivity index (χ1n) is 7.10. The first kappa shape index (κ1) is 16.6. The monoisotopic (exact) mass is 289 g/mol. The number of hydrogen-bond acceptors (Lipinski definition) is 4. The Hall–Kier alpha value is -0.460. The van der Waals surface area contributed by atoms with Crippen molar-refractivity contribution >= 4 is 16.7 Å². The SMILES string of the molecule is CCNC(C)(CCCCN1CCS(=O)CC1)C(N)=O. The summed E-state index contributed by atoms with van der Waals surface area (Å²) in [5, 5.41) is 3.17. The van der Waals surface area contributed by atoms with Gasteiger partial charge in [0.2, 0.25) is 5.91 Å². The van der Waals surface area contributed by atoms with E-state index in [1.54, 1.807) is 0 Å². The Labute approximate surface area is 118 Å². The second-order valence-corrected chi connectivity index (χ2v) is 7.07. The fourth-order valence-electron chi connectivity index (χ4n) is 2.40. The van der Waals surface area contributed by atoms with Crippen LogP contribution in [0.5, 0.6) is 0 Å². The Balaban J connectivity index is 2.22. The van der Waals surface area contributed by atoms with Crippen molar-refractivity contribution in [2.45, 2.75) is 38.6 Å². The predicted octanol–water partition coefficient (Wildman–Crippen LogP) is 0.0745. The zero-order valence-electron chi connectivity index (χ0n) is 12.1. The van der Waals surface area contributed by atoms with Gasteiger partial charge in [-0.25, -0.2) is 0 Å². The summed E-state index contributed by atoms with van der Waals surface area (Å²) >= 11 is 0. The molecular formula is C13H27N3O2S. The average Bonchev–Trinajstić information content (AvgIpc) is 2.37. The van der Waals surface area contributed by atoms with Crippen molar-refractivity contribution in [2.75, 3.05) is 37.7 Å². The molecule has 5 nitrogen and oxygen atoms in total. The molecule has 0 aromatic carbocycles. The first-order chi connectivity index (χ1) is 8.98. The molecule has 0 bridgehead atoms. The lowest BCUT2D eigenvalue weighted by molar-refractivity contribution is -0.124. The number of primary amides is 1. The minimum atomic E-state index is -0.604. The number of carbonyl (C=O) groups excluding carboxylic acids is 1. The van der Waals surface area contributed by atoms with Gasteiger partial charge in [0.1, 0.15) is 0 Å². The molecule has 1 aliphatic rings. The van der Waals surface area contributed by atoms with Crippen LogP contribution >= 0.6 is 0 Å². The molecule has 0 aromatic rings. The highest BCUT2D eigenvalue weighted by Crippen LogP contribution is 2.14. The third-order valence-electron chi connectivity index (χ3n) is 3.78. The highest BCUT2D eigenvalue weighted by Gasteiger charge is 2.29. The quantitative estimate of drug-likeness (QED) is 0.620. The van der Waals surface area contributed by atoms with E-state index in [0.717, 1.165) is 56.9 Å². The Kier molecular flexibility index (Phi) is 6.96. The van der Waals surface area contributed by atoms with Gasteiger partial charge in [0.15, 0.2) is 0 Å². The number of amides is 1. The summed E-state index contributed by atoms with van der Waals surface area (Å²) in [6.07, 6.45) is 2.81. The summed E-state index contributed by atoms with van der Waals surface area (Å²) < 4.78 is 11.2. The molecule has 0 radical (unpaired) electrons. The zero-order valence-corrected chi connectivity index (χ0v) is 12.9. The lowest BCUT2D eigenvalue weighted by atomic mass is 9.94. The number of hydrogen-bond donors (Lipinski definition) is 2. The molecule has 1 aliphatic heterocycles. The largest absolute Gasteiger partial charge is 0.368 e. The predicted molar refractivity (Wildman–Crippen MR) is 79.4 cm³/mol. The van der Waals surface area contributed by atoms with Crippen LogP contribution in [0.4, 0.5) is 0 Å². The van der Waals surface area contributed by atoms with Crippen LogP contribution in [0, 0.1) is 0 Å². The van der Waals surface area contributed by atoms with Crippen molar-refractivity contribution in [3.63, 3.8) is 0 Å². The van der Waals surface area contributed by atoms with Gasteiger partial charge in [-0.1, -0.05) is 6.92 Å². The molecular weight excluding hydrogens is 262 g/mol. The van der Waals surface area contributed by atoms with Gasteiger partial charge in [0, 0.05) is 35.4 Å². The summed E-state index contributed by atoms with van der Waals surface area (Å²) in [5.41, 5.74) is 4.87. The van der Waals surface area contributed by atoms with E-state index in [-0.39, 0.29) is 5.91 Å². The van der Waals surface area contributed by atoms with E-state index in [0.29, 0.717) is 0 Å². The molecule has 1 fully saturated rings. The molecule has 0 saturated carbocycles. The Morgan fingerprint density at radius 2 is 2.00 bits per heavy atom. The highest BCUT2D eigenvalue weighted by atomic mass is 32.2. The summed E-state index contributed by atoms with van der Waals surface area (Å²) in [7, 11) is -0.604. The van der Waals surface area contributed by atoms with E-state index >= 15 is 0 Å². The van der Waals surface area contributed by atoms with Crippen molar-refractivity contribution < 1.29 is 9.00 Å². The molecule has 3 N–H and O–H groups in total. The number of nitrogens with zero attached hydrogens (tertiary/aromatic N) is 1. The van der Waals surface area contributed by atoms with Crippen LogP contribution in [-0.4, -0.2) is 58.2 Å². The minimum Gasteiger partial charge on any atom is -0.368 e. The van der Waals surface area contributed by atoms with Gasteiger partial charge in [-0.05, 0) is 39.3 Å². The molecule has 1 heterocycles. The van der Waals surface area contributed by atoms with Gasteiger partial charge < -0.3 is 16.0 Å². The number of nitrogens with one attached hydrogen (secondary N) is 1. The van der Waals surface area contributed by atoms with Crippen molar-refractivity contribution in [2.24, 2.45) is 5.73 Å². The summed E-state index contributed by atoms with van der Waals surface area (Å²) in [4.78, 5) is 13.8. The van der Waals surface area contributed by atoms with E-state index in [1.165, 1.54) is 0 Å². The Bertz CT molecular complexity index is 315. The van der Waals surface area contributed by atoms with Crippen LogP contribution in [0.1, 0.15) is 33.1 Å². The lowest BCUT2D eigenvalue weighted by Gasteiger charge is -2.28. The van der Waals surface area contributed by atoms with Crippen LogP contribution in [0.3, 0.4) is 0 Å². The van der Waals surface area contributed by atoms with Crippen molar-refractivity contribution in [3.05, 3.63) is 0 Å². The fraction of sp³-hybridized carbons (Fsp3) is 0.923. The number of nitrogens with two attached hydrogens (primary N) is 1. The van der Waals surface area contributed by atoms with Crippen LogP contribution < -0.4 is 11.1 Å². The summed E-state index contributed by atoms with van der Waals surface area (Å²) in [5.74, 6) is 1.33. The third-order valence-corrected chi connectivity index (χ3v) is 5.06. The van der Waals surface area contributed by atoms with Crippen LogP contribution in [-0.2, 0) is 15.6 Å². The molecule has 1 rings (SSSR count). The van der Waals surface area contributed by atoms with Crippen LogP contribution in [0.25, 0.3) is 0 Å². The molecule has 0 spiro atoms. The summed E-state index contributed by atoms with van der Waals surface area (Å²) in [6, 6.07) is 0. The standard InChI is InChI=1S/C13H27N3O2S/c1-3-15-13(2,12(14)17)6-4-5-7-16-8-10-19(18)11-9-16/h15H,3-11H2,1-2H3,(H2,14,17).